The summed E-state index contributed by atoms with van der Waals surface area (Å²) in [5.41, 5.74) is 0. The molecule has 1 aliphatic rings. The van der Waals surface area contributed by atoms with Gasteiger partial charge in [0.2, 0.25) is 0 Å². The lowest BCUT2D eigenvalue weighted by atomic mass is 10.1. The molecule has 1 fully saturated rings. The topological polar surface area (TPSA) is 12.0 Å². The van der Waals surface area contributed by atoms with Gasteiger partial charge in [-0.15, -0.1) is 0 Å². The van der Waals surface area contributed by atoms with Crippen molar-refractivity contribution in [3.63, 3.8) is 0 Å². The van der Waals surface area contributed by atoms with Crippen molar-refractivity contribution in [3.05, 3.63) is 0 Å². The molecule has 1 rings (SSSR count). The molecule has 84 valence electrons. The highest BCUT2D eigenvalue weighted by Crippen LogP contribution is 2.30. The molecule has 0 aromatic carbocycles. The summed E-state index contributed by atoms with van der Waals surface area (Å²) in [6, 6.07) is 1.56. The minimum Gasteiger partial charge on any atom is -0.311 e. The van der Waals surface area contributed by atoms with Crippen LogP contribution in [-0.4, -0.2) is 23.1 Å². The quantitative estimate of drug-likeness (QED) is 0.728. The summed E-state index contributed by atoms with van der Waals surface area (Å²) < 4.78 is 0. The van der Waals surface area contributed by atoms with Gasteiger partial charge in [-0.1, -0.05) is 20.8 Å². The van der Waals surface area contributed by atoms with Crippen LogP contribution in [0.4, 0.5) is 0 Å². The second-order valence-corrected chi connectivity index (χ2v) is 5.84. The summed E-state index contributed by atoms with van der Waals surface area (Å²) in [4.78, 5) is 0. The van der Waals surface area contributed by atoms with Crippen molar-refractivity contribution in [3.8, 4) is 0 Å². The van der Waals surface area contributed by atoms with Crippen LogP contribution in [0.25, 0.3) is 0 Å². The fourth-order valence-electron chi connectivity index (χ4n) is 2.34. The molecule has 1 aliphatic carbocycles. The molecule has 2 heteroatoms. The Morgan fingerprint density at radius 3 is 2.50 bits per heavy atom. The van der Waals surface area contributed by atoms with E-state index in [9.17, 15) is 0 Å². The van der Waals surface area contributed by atoms with E-state index in [0.717, 1.165) is 17.3 Å². The third-order valence-electron chi connectivity index (χ3n) is 3.24. The SMILES string of the molecule is CCSC1CCC(NC(CC)CC)C1. The molecule has 0 aromatic heterocycles. The first-order valence-corrected chi connectivity index (χ1v) is 7.22. The van der Waals surface area contributed by atoms with Gasteiger partial charge >= 0.3 is 0 Å². The van der Waals surface area contributed by atoms with Gasteiger partial charge in [0.1, 0.15) is 0 Å². The van der Waals surface area contributed by atoms with Crippen molar-refractivity contribution in [1.82, 2.24) is 5.32 Å². The van der Waals surface area contributed by atoms with Crippen LogP contribution in [0.2, 0.25) is 0 Å². The maximum Gasteiger partial charge on any atom is 0.00805 e. The van der Waals surface area contributed by atoms with E-state index in [1.165, 1.54) is 37.9 Å². The summed E-state index contributed by atoms with van der Waals surface area (Å²) in [5.74, 6) is 1.28. The highest BCUT2D eigenvalue weighted by molar-refractivity contribution is 7.99. The number of thioether (sulfide) groups is 1. The number of hydrogen-bond donors (Lipinski definition) is 1. The summed E-state index contributed by atoms with van der Waals surface area (Å²) in [6.45, 7) is 6.84. The van der Waals surface area contributed by atoms with Gasteiger partial charge in [-0.3, -0.25) is 0 Å². The van der Waals surface area contributed by atoms with Crippen LogP contribution < -0.4 is 5.32 Å². The Morgan fingerprint density at radius 1 is 1.21 bits per heavy atom. The minimum absolute atomic E-state index is 0.755. The second-order valence-electron chi connectivity index (χ2n) is 4.27. The molecule has 1 nitrogen and oxygen atoms in total. The van der Waals surface area contributed by atoms with E-state index in [1.807, 2.05) is 0 Å². The van der Waals surface area contributed by atoms with Gasteiger partial charge in [-0.2, -0.15) is 11.8 Å². The zero-order valence-electron chi connectivity index (χ0n) is 9.88. The predicted molar refractivity (Wildman–Crippen MR) is 67.1 cm³/mol. The molecule has 0 spiro atoms. The zero-order valence-corrected chi connectivity index (χ0v) is 10.7. The normalized spacial score (nSPS) is 27.4. The molecule has 1 N–H and O–H groups in total. The predicted octanol–water partition coefficient (Wildman–Crippen LogP) is 3.44. The van der Waals surface area contributed by atoms with Crippen molar-refractivity contribution in [2.24, 2.45) is 0 Å². The molecule has 0 aromatic rings. The van der Waals surface area contributed by atoms with Gasteiger partial charge in [-0.25, -0.2) is 0 Å². The van der Waals surface area contributed by atoms with Gasteiger partial charge in [0.25, 0.3) is 0 Å². The molecule has 0 radical (unpaired) electrons. The van der Waals surface area contributed by atoms with Crippen molar-refractivity contribution in [2.75, 3.05) is 5.75 Å². The number of rotatable bonds is 6. The van der Waals surface area contributed by atoms with Gasteiger partial charge < -0.3 is 5.32 Å². The van der Waals surface area contributed by atoms with E-state index in [2.05, 4.69) is 37.8 Å². The van der Waals surface area contributed by atoms with Crippen LogP contribution in [0.15, 0.2) is 0 Å². The van der Waals surface area contributed by atoms with E-state index in [-0.39, 0.29) is 0 Å². The van der Waals surface area contributed by atoms with Gasteiger partial charge in [0, 0.05) is 17.3 Å². The summed E-state index contributed by atoms with van der Waals surface area (Å²) in [5, 5.41) is 4.73. The van der Waals surface area contributed by atoms with Crippen LogP contribution in [-0.2, 0) is 0 Å². The van der Waals surface area contributed by atoms with Crippen molar-refractivity contribution in [2.45, 2.75) is 70.2 Å². The van der Waals surface area contributed by atoms with Gasteiger partial charge in [0.05, 0.1) is 0 Å². The minimum atomic E-state index is 0.755. The van der Waals surface area contributed by atoms with Crippen LogP contribution in [0.5, 0.6) is 0 Å². The molecular weight excluding hydrogens is 190 g/mol. The molecule has 1 saturated carbocycles. The smallest absolute Gasteiger partial charge is 0.00805 e. The average Bonchev–Trinajstić information content (AvgIpc) is 2.63. The Hall–Kier alpha value is 0.310. The monoisotopic (exact) mass is 215 g/mol. The van der Waals surface area contributed by atoms with Gasteiger partial charge in [-0.05, 0) is 37.9 Å². The molecule has 2 atom stereocenters. The summed E-state index contributed by atoms with van der Waals surface area (Å²) in [7, 11) is 0. The van der Waals surface area contributed by atoms with Crippen LogP contribution in [0.1, 0.15) is 52.9 Å². The lowest BCUT2D eigenvalue weighted by Gasteiger charge is -2.20. The van der Waals surface area contributed by atoms with E-state index >= 15 is 0 Å². The first-order valence-electron chi connectivity index (χ1n) is 6.17. The molecule has 2 unspecified atom stereocenters. The largest absolute Gasteiger partial charge is 0.311 e. The Balaban J connectivity index is 2.21. The lowest BCUT2D eigenvalue weighted by Crippen LogP contribution is -2.36. The van der Waals surface area contributed by atoms with Crippen molar-refractivity contribution in [1.29, 1.82) is 0 Å². The second kappa shape index (κ2) is 6.73. The van der Waals surface area contributed by atoms with Crippen LogP contribution >= 0.6 is 11.8 Å². The van der Waals surface area contributed by atoms with Crippen LogP contribution in [0.3, 0.4) is 0 Å². The Kier molecular flexibility index (Phi) is 5.95. The van der Waals surface area contributed by atoms with E-state index < -0.39 is 0 Å². The summed E-state index contributed by atoms with van der Waals surface area (Å²) in [6.07, 6.45) is 6.77. The average molecular weight is 215 g/mol. The van der Waals surface area contributed by atoms with Crippen molar-refractivity contribution >= 4 is 11.8 Å². The molecule has 0 amide bonds. The first kappa shape index (κ1) is 12.4. The Bertz CT molecular complexity index is 145. The fourth-order valence-corrected chi connectivity index (χ4v) is 3.48. The highest BCUT2D eigenvalue weighted by atomic mass is 32.2. The highest BCUT2D eigenvalue weighted by Gasteiger charge is 2.25. The zero-order chi connectivity index (χ0) is 10.4. The first-order chi connectivity index (χ1) is 6.80. The van der Waals surface area contributed by atoms with Crippen LogP contribution in [0, 0.1) is 0 Å². The standard InChI is InChI=1S/C12H25NS/c1-4-10(5-2)13-11-7-8-12(9-11)14-6-3/h10-13H,4-9H2,1-3H3. The third-order valence-corrected chi connectivity index (χ3v) is 4.48. The fraction of sp³-hybridized carbons (Fsp3) is 1.00. The lowest BCUT2D eigenvalue weighted by molar-refractivity contribution is 0.412. The van der Waals surface area contributed by atoms with Crippen molar-refractivity contribution < 1.29 is 0 Å². The van der Waals surface area contributed by atoms with Gasteiger partial charge in [0.15, 0.2) is 0 Å². The molecule has 0 aliphatic heterocycles. The molecule has 0 saturated heterocycles. The van der Waals surface area contributed by atoms with E-state index in [4.69, 9.17) is 0 Å². The molecule has 0 heterocycles. The number of nitrogens with one attached hydrogen (secondary N) is 1. The third kappa shape index (κ3) is 3.82. The van der Waals surface area contributed by atoms with E-state index in [0.29, 0.717) is 0 Å². The Morgan fingerprint density at radius 2 is 1.93 bits per heavy atom. The maximum atomic E-state index is 3.79. The molecule has 0 bridgehead atoms. The van der Waals surface area contributed by atoms with E-state index in [1.54, 1.807) is 0 Å². The molecule has 14 heavy (non-hydrogen) atoms. The summed E-state index contributed by atoms with van der Waals surface area (Å²) >= 11 is 2.14. The molecular formula is C12H25NS. The number of hydrogen-bond acceptors (Lipinski definition) is 2. The Labute approximate surface area is 93.4 Å². The maximum absolute atomic E-state index is 3.79.